The zero-order chi connectivity index (χ0) is 9.10. The van der Waals surface area contributed by atoms with Crippen molar-refractivity contribution in [3.8, 4) is 0 Å². The number of rotatable bonds is 2. The van der Waals surface area contributed by atoms with Crippen molar-refractivity contribution in [3.63, 3.8) is 0 Å². The Labute approximate surface area is 81.1 Å². The summed E-state index contributed by atoms with van der Waals surface area (Å²) in [5, 5.41) is 12.4. The minimum Gasteiger partial charge on any atom is -0.336 e. The monoisotopic (exact) mass is 199 g/mol. The summed E-state index contributed by atoms with van der Waals surface area (Å²) in [6, 6.07) is 0. The summed E-state index contributed by atoms with van der Waals surface area (Å²) in [4.78, 5) is 0. The van der Waals surface area contributed by atoms with Gasteiger partial charge >= 0.3 is 0 Å². The fourth-order valence-corrected chi connectivity index (χ4v) is 2.43. The molecule has 0 aliphatic carbocycles. The van der Waals surface area contributed by atoms with Gasteiger partial charge in [0.2, 0.25) is 5.16 Å². The molecule has 13 heavy (non-hydrogen) atoms. The number of hydrogen-bond acceptors (Lipinski definition) is 5. The molecule has 0 radical (unpaired) electrons. The van der Waals surface area contributed by atoms with Gasteiger partial charge in [0.15, 0.2) is 0 Å². The first kappa shape index (κ1) is 8.83. The van der Waals surface area contributed by atoms with E-state index in [9.17, 15) is 0 Å². The van der Waals surface area contributed by atoms with Crippen molar-refractivity contribution in [3.05, 3.63) is 6.33 Å². The largest absolute Gasteiger partial charge is 0.336 e. The summed E-state index contributed by atoms with van der Waals surface area (Å²) < 4.78 is 1.47. The molecule has 0 saturated carbocycles. The lowest BCUT2D eigenvalue weighted by atomic mass is 10.2. The molecule has 1 aliphatic rings. The van der Waals surface area contributed by atoms with E-state index < -0.39 is 0 Å². The van der Waals surface area contributed by atoms with Gasteiger partial charge in [0.1, 0.15) is 6.33 Å². The zero-order valence-corrected chi connectivity index (χ0v) is 8.13. The number of aromatic nitrogens is 3. The predicted octanol–water partition coefficient (Wildman–Crippen LogP) is -0.164. The molecule has 1 aromatic heterocycles. The smallest absolute Gasteiger partial charge is 0.209 e. The van der Waals surface area contributed by atoms with Gasteiger partial charge in [0.25, 0.3) is 0 Å². The van der Waals surface area contributed by atoms with Gasteiger partial charge in [0.05, 0.1) is 0 Å². The van der Waals surface area contributed by atoms with Gasteiger partial charge in [0, 0.05) is 11.8 Å². The van der Waals surface area contributed by atoms with E-state index >= 15 is 0 Å². The maximum absolute atomic E-state index is 5.61. The van der Waals surface area contributed by atoms with E-state index in [1.807, 2.05) is 0 Å². The molecule has 0 spiro atoms. The molecule has 1 unspecified atom stereocenters. The van der Waals surface area contributed by atoms with Crippen LogP contribution >= 0.6 is 11.8 Å². The van der Waals surface area contributed by atoms with E-state index in [0.717, 1.165) is 18.2 Å². The molecule has 1 aliphatic heterocycles. The number of piperidine rings is 1. The fraction of sp³-hybridized carbons (Fsp3) is 0.714. The fourth-order valence-electron chi connectivity index (χ4n) is 1.39. The van der Waals surface area contributed by atoms with Gasteiger partial charge in [-0.15, -0.1) is 10.2 Å². The molecular formula is C7H13N5S. The lowest BCUT2D eigenvalue weighted by Gasteiger charge is -2.21. The van der Waals surface area contributed by atoms with E-state index in [-0.39, 0.29) is 0 Å². The summed E-state index contributed by atoms with van der Waals surface area (Å²) in [6.07, 6.45) is 3.99. The molecule has 6 heteroatoms. The highest BCUT2D eigenvalue weighted by molar-refractivity contribution is 7.99. The number of nitrogens with zero attached hydrogens (tertiary/aromatic N) is 3. The van der Waals surface area contributed by atoms with Crippen molar-refractivity contribution < 1.29 is 0 Å². The Kier molecular flexibility index (Phi) is 2.70. The minimum absolute atomic E-state index is 0.584. The lowest BCUT2D eigenvalue weighted by molar-refractivity contribution is 0.530. The molecular weight excluding hydrogens is 186 g/mol. The molecule has 72 valence electrons. The molecule has 0 aromatic carbocycles. The van der Waals surface area contributed by atoms with Crippen LogP contribution in [0, 0.1) is 0 Å². The maximum Gasteiger partial charge on any atom is 0.209 e. The second-order valence-electron chi connectivity index (χ2n) is 3.11. The van der Waals surface area contributed by atoms with Crippen LogP contribution in [-0.4, -0.2) is 33.2 Å². The van der Waals surface area contributed by atoms with Crippen molar-refractivity contribution in [2.24, 2.45) is 0 Å². The Morgan fingerprint density at radius 1 is 1.69 bits per heavy atom. The van der Waals surface area contributed by atoms with E-state index in [0.29, 0.717) is 5.25 Å². The highest BCUT2D eigenvalue weighted by atomic mass is 32.2. The van der Waals surface area contributed by atoms with Crippen LogP contribution in [0.2, 0.25) is 0 Å². The summed E-state index contributed by atoms with van der Waals surface area (Å²) >= 11 is 1.70. The molecule has 5 nitrogen and oxygen atoms in total. The van der Waals surface area contributed by atoms with Crippen molar-refractivity contribution in [1.29, 1.82) is 0 Å². The average Bonchev–Trinajstić information content (AvgIpc) is 2.54. The van der Waals surface area contributed by atoms with Gasteiger partial charge < -0.3 is 11.2 Å². The molecule has 3 N–H and O–H groups in total. The van der Waals surface area contributed by atoms with Crippen LogP contribution < -0.4 is 11.2 Å². The standard InChI is InChI=1S/C7H13N5S/c8-12-5-10-11-7(12)13-6-2-1-3-9-4-6/h5-6,9H,1-4,8H2. The summed E-state index contributed by atoms with van der Waals surface area (Å²) in [6.45, 7) is 2.17. The second-order valence-corrected chi connectivity index (χ2v) is 4.37. The Morgan fingerprint density at radius 2 is 2.62 bits per heavy atom. The number of nitrogen functional groups attached to an aromatic ring is 1. The highest BCUT2D eigenvalue weighted by Crippen LogP contribution is 2.24. The van der Waals surface area contributed by atoms with Crippen LogP contribution in [-0.2, 0) is 0 Å². The molecule has 1 saturated heterocycles. The van der Waals surface area contributed by atoms with Crippen molar-refractivity contribution >= 4 is 11.8 Å². The van der Waals surface area contributed by atoms with Gasteiger partial charge in [-0.05, 0) is 19.4 Å². The third-order valence-electron chi connectivity index (χ3n) is 2.06. The molecule has 2 heterocycles. The highest BCUT2D eigenvalue weighted by Gasteiger charge is 2.16. The molecule has 1 fully saturated rings. The van der Waals surface area contributed by atoms with Gasteiger partial charge in [-0.2, -0.15) is 0 Å². The molecule has 2 rings (SSSR count). The van der Waals surface area contributed by atoms with Crippen LogP contribution in [0.25, 0.3) is 0 Å². The number of nitrogens with one attached hydrogen (secondary N) is 1. The molecule has 0 amide bonds. The third-order valence-corrected chi connectivity index (χ3v) is 3.30. The van der Waals surface area contributed by atoms with E-state index in [1.54, 1.807) is 11.8 Å². The Hall–Kier alpha value is -0.750. The summed E-state index contributed by atoms with van der Waals surface area (Å²) in [5.74, 6) is 5.61. The third kappa shape index (κ3) is 2.13. The Morgan fingerprint density at radius 3 is 3.23 bits per heavy atom. The molecule has 1 atom stereocenters. The zero-order valence-electron chi connectivity index (χ0n) is 7.31. The SMILES string of the molecule is Nn1cnnc1SC1CCCNC1. The van der Waals surface area contributed by atoms with E-state index in [2.05, 4.69) is 15.5 Å². The maximum atomic E-state index is 5.61. The van der Waals surface area contributed by atoms with Crippen LogP contribution in [0.1, 0.15) is 12.8 Å². The van der Waals surface area contributed by atoms with Crippen molar-refractivity contribution in [2.75, 3.05) is 18.9 Å². The first-order valence-electron chi connectivity index (χ1n) is 4.39. The number of thioether (sulfide) groups is 1. The quantitative estimate of drug-likeness (QED) is 0.648. The predicted molar refractivity (Wildman–Crippen MR) is 51.9 cm³/mol. The van der Waals surface area contributed by atoms with E-state index in [4.69, 9.17) is 5.84 Å². The van der Waals surface area contributed by atoms with Crippen LogP contribution in [0.15, 0.2) is 11.5 Å². The number of hydrogen-bond donors (Lipinski definition) is 2. The minimum atomic E-state index is 0.584. The normalized spacial score (nSPS) is 23.2. The summed E-state index contributed by atoms with van der Waals surface area (Å²) in [7, 11) is 0. The molecule has 1 aromatic rings. The van der Waals surface area contributed by atoms with E-state index in [1.165, 1.54) is 23.8 Å². The summed E-state index contributed by atoms with van der Waals surface area (Å²) in [5.41, 5.74) is 0. The second kappa shape index (κ2) is 3.97. The lowest BCUT2D eigenvalue weighted by Crippen LogP contribution is -2.31. The van der Waals surface area contributed by atoms with Crippen molar-refractivity contribution in [1.82, 2.24) is 20.2 Å². The topological polar surface area (TPSA) is 68.8 Å². The Balaban J connectivity index is 1.93. The van der Waals surface area contributed by atoms with Crippen LogP contribution in [0.3, 0.4) is 0 Å². The van der Waals surface area contributed by atoms with Crippen LogP contribution in [0.5, 0.6) is 0 Å². The first-order valence-corrected chi connectivity index (χ1v) is 5.26. The molecule has 0 bridgehead atoms. The van der Waals surface area contributed by atoms with Crippen molar-refractivity contribution in [2.45, 2.75) is 23.2 Å². The number of nitrogens with two attached hydrogens (primary N) is 1. The average molecular weight is 199 g/mol. The Bertz CT molecular complexity index is 268. The van der Waals surface area contributed by atoms with Gasteiger partial charge in [-0.3, -0.25) is 0 Å². The van der Waals surface area contributed by atoms with Crippen LogP contribution in [0.4, 0.5) is 0 Å². The van der Waals surface area contributed by atoms with Gasteiger partial charge in [-0.25, -0.2) is 4.68 Å². The van der Waals surface area contributed by atoms with Gasteiger partial charge in [-0.1, -0.05) is 11.8 Å². The first-order chi connectivity index (χ1) is 6.36.